The first kappa shape index (κ1) is 18.4. The molecule has 28 heavy (non-hydrogen) atoms. The SMILES string of the molecule is C[C@@H](Nc1nc2c(cnn2C2CCCC2)c(=O)[nH]1)C(=O)Nc1cnc(Cl)nc1. The average molecular weight is 403 g/mol. The number of carbonyl (C=O) groups is 1. The molecule has 0 aromatic carbocycles. The lowest BCUT2D eigenvalue weighted by molar-refractivity contribution is -0.116. The van der Waals surface area contributed by atoms with Crippen molar-refractivity contribution in [1.29, 1.82) is 0 Å². The van der Waals surface area contributed by atoms with Gasteiger partial charge in [0.2, 0.25) is 17.1 Å². The molecule has 1 aliphatic carbocycles. The predicted molar refractivity (Wildman–Crippen MR) is 104 cm³/mol. The van der Waals surface area contributed by atoms with Gasteiger partial charge >= 0.3 is 0 Å². The lowest BCUT2D eigenvalue weighted by atomic mass is 10.2. The van der Waals surface area contributed by atoms with Crippen LogP contribution < -0.4 is 16.2 Å². The Kier molecular flexibility index (Phi) is 4.95. The van der Waals surface area contributed by atoms with Gasteiger partial charge in [-0.3, -0.25) is 14.6 Å². The predicted octanol–water partition coefficient (Wildman–Crippen LogP) is 2.12. The Labute approximate surface area is 164 Å². The van der Waals surface area contributed by atoms with Crippen molar-refractivity contribution >= 4 is 40.2 Å². The third-order valence-corrected chi connectivity index (χ3v) is 4.96. The summed E-state index contributed by atoms with van der Waals surface area (Å²) in [6.07, 6.45) is 8.70. The number of halogens is 1. The Balaban J connectivity index is 1.53. The standard InChI is InChI=1S/C17H19ClN8O2/c1-9(14(27)23-10-6-19-16(18)20-7-10)22-17-24-13-12(15(28)25-17)8-21-26(13)11-4-2-3-5-11/h6-9,11H,2-5H2,1H3,(H,23,27)(H2,22,24,25,28)/t9-/m1/s1. The maximum absolute atomic E-state index is 12.4. The molecule has 1 aliphatic rings. The summed E-state index contributed by atoms with van der Waals surface area (Å²) in [5, 5.41) is 10.5. The lowest BCUT2D eigenvalue weighted by Crippen LogP contribution is -2.33. The molecular weight excluding hydrogens is 384 g/mol. The largest absolute Gasteiger partial charge is 0.344 e. The summed E-state index contributed by atoms with van der Waals surface area (Å²) in [4.78, 5) is 39.5. The Bertz CT molecular complexity index is 1060. The van der Waals surface area contributed by atoms with Gasteiger partial charge in [0.1, 0.15) is 11.4 Å². The van der Waals surface area contributed by atoms with Crippen LogP contribution in [0.1, 0.15) is 38.6 Å². The molecule has 0 bridgehead atoms. The van der Waals surface area contributed by atoms with Crippen molar-refractivity contribution in [2.45, 2.75) is 44.7 Å². The second kappa shape index (κ2) is 7.55. The van der Waals surface area contributed by atoms with Gasteiger partial charge in [-0.1, -0.05) is 12.8 Å². The highest BCUT2D eigenvalue weighted by atomic mass is 35.5. The normalized spacial score (nSPS) is 15.6. The van der Waals surface area contributed by atoms with Crippen molar-refractivity contribution in [1.82, 2.24) is 29.7 Å². The Morgan fingerprint density at radius 3 is 2.71 bits per heavy atom. The number of amides is 1. The fraction of sp³-hybridized carbons (Fsp3) is 0.412. The average Bonchev–Trinajstić information content (AvgIpc) is 3.33. The summed E-state index contributed by atoms with van der Waals surface area (Å²) in [7, 11) is 0. The van der Waals surface area contributed by atoms with Crippen LogP contribution in [-0.4, -0.2) is 41.7 Å². The Morgan fingerprint density at radius 2 is 2.00 bits per heavy atom. The zero-order chi connectivity index (χ0) is 19.7. The smallest absolute Gasteiger partial charge is 0.263 e. The molecule has 0 unspecified atom stereocenters. The zero-order valence-electron chi connectivity index (χ0n) is 15.1. The second-order valence-electron chi connectivity index (χ2n) is 6.78. The van der Waals surface area contributed by atoms with Gasteiger partial charge in [0.05, 0.1) is 30.3 Å². The molecule has 3 N–H and O–H groups in total. The van der Waals surface area contributed by atoms with Gasteiger partial charge < -0.3 is 10.6 Å². The van der Waals surface area contributed by atoms with Gasteiger partial charge in [-0.05, 0) is 31.4 Å². The number of rotatable bonds is 5. The second-order valence-corrected chi connectivity index (χ2v) is 7.11. The summed E-state index contributed by atoms with van der Waals surface area (Å²) in [5.74, 6) is -0.120. The number of nitrogens with one attached hydrogen (secondary N) is 3. The number of aromatic nitrogens is 6. The van der Waals surface area contributed by atoms with Crippen LogP contribution in [0.15, 0.2) is 23.4 Å². The van der Waals surface area contributed by atoms with Crippen molar-refractivity contribution < 1.29 is 4.79 Å². The molecule has 146 valence electrons. The molecule has 0 saturated heterocycles. The van der Waals surface area contributed by atoms with Crippen LogP contribution >= 0.6 is 11.6 Å². The van der Waals surface area contributed by atoms with Gasteiger partial charge in [0.25, 0.3) is 5.56 Å². The molecule has 0 radical (unpaired) electrons. The Morgan fingerprint density at radius 1 is 1.29 bits per heavy atom. The highest BCUT2D eigenvalue weighted by Crippen LogP contribution is 2.30. The minimum absolute atomic E-state index is 0.0955. The molecule has 1 saturated carbocycles. The van der Waals surface area contributed by atoms with Crippen molar-refractivity contribution in [3.63, 3.8) is 0 Å². The molecule has 3 aromatic heterocycles. The fourth-order valence-electron chi connectivity index (χ4n) is 3.32. The van der Waals surface area contributed by atoms with Crippen molar-refractivity contribution in [3.8, 4) is 0 Å². The number of H-pyrrole nitrogens is 1. The number of fused-ring (bicyclic) bond motifs is 1. The van der Waals surface area contributed by atoms with Gasteiger partial charge in [-0.2, -0.15) is 10.1 Å². The van der Waals surface area contributed by atoms with Crippen LogP contribution in [-0.2, 0) is 4.79 Å². The maximum Gasteiger partial charge on any atom is 0.263 e. The van der Waals surface area contributed by atoms with E-state index in [1.165, 1.54) is 12.4 Å². The highest BCUT2D eigenvalue weighted by Gasteiger charge is 2.22. The van der Waals surface area contributed by atoms with E-state index in [9.17, 15) is 9.59 Å². The molecule has 1 atom stereocenters. The van der Waals surface area contributed by atoms with E-state index in [1.54, 1.807) is 13.1 Å². The summed E-state index contributed by atoms with van der Waals surface area (Å²) in [6, 6.07) is -0.413. The highest BCUT2D eigenvalue weighted by molar-refractivity contribution is 6.28. The van der Waals surface area contributed by atoms with Crippen LogP contribution in [0.3, 0.4) is 0 Å². The lowest BCUT2D eigenvalue weighted by Gasteiger charge is -2.15. The third kappa shape index (κ3) is 3.68. The number of nitrogens with zero attached hydrogens (tertiary/aromatic N) is 5. The molecule has 4 rings (SSSR count). The van der Waals surface area contributed by atoms with E-state index >= 15 is 0 Å². The molecule has 10 nitrogen and oxygen atoms in total. The van der Waals surface area contributed by atoms with E-state index in [2.05, 4.69) is 35.7 Å². The topological polar surface area (TPSA) is 130 Å². The molecule has 3 aromatic rings. The number of anilines is 2. The third-order valence-electron chi connectivity index (χ3n) is 4.77. The van der Waals surface area contributed by atoms with Crippen LogP contribution in [0.2, 0.25) is 5.28 Å². The first-order chi connectivity index (χ1) is 13.5. The van der Waals surface area contributed by atoms with Crippen LogP contribution in [0.4, 0.5) is 11.6 Å². The van der Waals surface area contributed by atoms with E-state index in [1.807, 2.05) is 4.68 Å². The van der Waals surface area contributed by atoms with Crippen molar-refractivity contribution in [2.75, 3.05) is 10.6 Å². The van der Waals surface area contributed by atoms with Gasteiger partial charge in [0.15, 0.2) is 5.65 Å². The van der Waals surface area contributed by atoms with Crippen LogP contribution in [0.25, 0.3) is 11.0 Å². The monoisotopic (exact) mass is 402 g/mol. The number of aromatic amines is 1. The number of carbonyl (C=O) groups excluding carboxylic acids is 1. The minimum atomic E-state index is -0.667. The minimum Gasteiger partial charge on any atom is -0.344 e. The van der Waals surface area contributed by atoms with E-state index in [0.29, 0.717) is 16.7 Å². The molecule has 11 heteroatoms. The first-order valence-electron chi connectivity index (χ1n) is 9.04. The molecular formula is C17H19ClN8O2. The van der Waals surface area contributed by atoms with E-state index in [0.717, 1.165) is 25.7 Å². The zero-order valence-corrected chi connectivity index (χ0v) is 15.9. The Hall–Kier alpha value is -3.01. The molecule has 0 aliphatic heterocycles. The van der Waals surface area contributed by atoms with Crippen LogP contribution in [0, 0.1) is 0 Å². The van der Waals surface area contributed by atoms with Crippen molar-refractivity contribution in [3.05, 3.63) is 34.2 Å². The van der Waals surface area contributed by atoms with E-state index < -0.39 is 6.04 Å². The number of hydrogen-bond donors (Lipinski definition) is 3. The summed E-state index contributed by atoms with van der Waals surface area (Å²) < 4.78 is 1.82. The maximum atomic E-state index is 12.4. The number of hydrogen-bond acceptors (Lipinski definition) is 7. The first-order valence-corrected chi connectivity index (χ1v) is 9.41. The van der Waals surface area contributed by atoms with Gasteiger partial charge in [-0.25, -0.2) is 14.6 Å². The fourth-order valence-corrected chi connectivity index (χ4v) is 3.42. The molecule has 1 fully saturated rings. The van der Waals surface area contributed by atoms with Crippen molar-refractivity contribution in [2.24, 2.45) is 0 Å². The molecule has 1 amide bonds. The van der Waals surface area contributed by atoms with E-state index in [4.69, 9.17) is 11.6 Å². The van der Waals surface area contributed by atoms with Crippen LogP contribution in [0.5, 0.6) is 0 Å². The summed E-state index contributed by atoms with van der Waals surface area (Å²) in [5.41, 5.74) is 0.645. The van der Waals surface area contributed by atoms with Gasteiger partial charge in [0, 0.05) is 0 Å². The summed E-state index contributed by atoms with van der Waals surface area (Å²) >= 11 is 5.63. The van der Waals surface area contributed by atoms with Gasteiger partial charge in [-0.15, -0.1) is 0 Å². The quantitative estimate of drug-likeness (QED) is 0.557. The molecule has 0 spiro atoms. The summed E-state index contributed by atoms with van der Waals surface area (Å²) in [6.45, 7) is 1.66. The van der Waals surface area contributed by atoms with E-state index in [-0.39, 0.29) is 28.7 Å². The molecule has 3 heterocycles.